The van der Waals surface area contributed by atoms with Crippen LogP contribution in [-0.4, -0.2) is 38.4 Å². The molecule has 5 heteroatoms. The lowest BCUT2D eigenvalue weighted by atomic mass is 10.3. The summed E-state index contributed by atoms with van der Waals surface area (Å²) in [6, 6.07) is 0. The summed E-state index contributed by atoms with van der Waals surface area (Å²) in [6.45, 7) is 4.49. The van der Waals surface area contributed by atoms with Gasteiger partial charge in [0.05, 0.1) is 6.61 Å². The summed E-state index contributed by atoms with van der Waals surface area (Å²) in [5.41, 5.74) is 0. The summed E-state index contributed by atoms with van der Waals surface area (Å²) in [6.07, 6.45) is 4.26. The third kappa shape index (κ3) is 11.4. The quantitative estimate of drug-likeness (QED) is 0.353. The van der Waals surface area contributed by atoms with Gasteiger partial charge in [-0.2, -0.15) is 0 Å². The molecule has 0 heterocycles. The Kier molecular flexibility index (Phi) is 11.2. The molecule has 0 aromatic heterocycles. The van der Waals surface area contributed by atoms with E-state index in [-0.39, 0.29) is 5.91 Å². The molecule has 1 amide bonds. The highest BCUT2D eigenvalue weighted by atomic mass is 32.2. The van der Waals surface area contributed by atoms with Gasteiger partial charge in [0, 0.05) is 19.3 Å². The predicted octanol–water partition coefficient (Wildman–Crippen LogP) is 0.953. The number of nitrogens with one attached hydrogen (secondary N) is 2. The van der Waals surface area contributed by atoms with E-state index in [1.165, 1.54) is 12.0 Å². The van der Waals surface area contributed by atoms with Gasteiger partial charge in [0.2, 0.25) is 5.91 Å². The zero-order chi connectivity index (χ0) is 11.4. The minimum absolute atomic E-state index is 0.0577. The fraction of sp³-hybridized carbons (Fsp3) is 0.700. The Morgan fingerprint density at radius 1 is 1.47 bits per heavy atom. The van der Waals surface area contributed by atoms with Crippen LogP contribution in [0.5, 0.6) is 0 Å². The van der Waals surface area contributed by atoms with E-state index in [9.17, 15) is 4.79 Å². The minimum Gasteiger partial charge on any atom is -0.356 e. The fourth-order valence-electron chi connectivity index (χ4n) is 0.840. The lowest BCUT2D eigenvalue weighted by molar-refractivity contribution is -0.116. The van der Waals surface area contributed by atoms with Crippen LogP contribution in [0, 0.1) is 0 Å². The highest BCUT2D eigenvalue weighted by Gasteiger charge is 1.89. The Hall–Kier alpha value is -0.520. The van der Waals surface area contributed by atoms with Crippen molar-refractivity contribution in [1.29, 1.82) is 0 Å². The molecule has 0 aromatic carbocycles. The molecule has 0 rings (SSSR count). The third-order valence-electron chi connectivity index (χ3n) is 1.57. The van der Waals surface area contributed by atoms with E-state index in [0.717, 1.165) is 31.9 Å². The van der Waals surface area contributed by atoms with Crippen molar-refractivity contribution in [1.82, 2.24) is 10.6 Å². The number of hydrogen-bond acceptors (Lipinski definition) is 4. The van der Waals surface area contributed by atoms with E-state index in [1.807, 2.05) is 6.08 Å². The van der Waals surface area contributed by atoms with Crippen LogP contribution in [-0.2, 0) is 8.98 Å². The highest BCUT2D eigenvalue weighted by molar-refractivity contribution is 7.94. The molecule has 2 N–H and O–H groups in total. The number of carbonyl (C=O) groups excluding carboxylic acids is 1. The summed E-state index contributed by atoms with van der Waals surface area (Å²) in [7, 11) is 1.62. The average Bonchev–Trinajstić information content (AvgIpc) is 2.26. The second-order valence-electron chi connectivity index (χ2n) is 2.78. The van der Waals surface area contributed by atoms with Crippen LogP contribution in [0.15, 0.2) is 12.2 Å². The van der Waals surface area contributed by atoms with E-state index in [4.69, 9.17) is 4.18 Å². The molecule has 0 atom stereocenters. The molecule has 0 aromatic rings. The zero-order valence-electron chi connectivity index (χ0n) is 9.41. The van der Waals surface area contributed by atoms with Crippen molar-refractivity contribution in [2.24, 2.45) is 0 Å². The molecule has 0 aliphatic heterocycles. The van der Waals surface area contributed by atoms with Gasteiger partial charge in [0.25, 0.3) is 0 Å². The summed E-state index contributed by atoms with van der Waals surface area (Å²) in [5.74, 6) is 0.923. The predicted molar refractivity (Wildman–Crippen MR) is 64.8 cm³/mol. The summed E-state index contributed by atoms with van der Waals surface area (Å²) < 4.78 is 5.22. The van der Waals surface area contributed by atoms with Crippen LogP contribution in [0.25, 0.3) is 0 Å². The standard InChI is InChI=1S/C10H20N2O2S/c1-3-15-14-9-8-12-7-5-4-6-10(13)11-2/h4,6,12H,3,5,7-9H2,1-2H3,(H,11,13)/b6-4+. The van der Waals surface area contributed by atoms with Gasteiger partial charge in [-0.25, -0.2) is 0 Å². The first-order valence-electron chi connectivity index (χ1n) is 5.14. The third-order valence-corrected chi connectivity index (χ3v) is 2.14. The zero-order valence-corrected chi connectivity index (χ0v) is 10.2. The van der Waals surface area contributed by atoms with E-state index in [2.05, 4.69) is 17.6 Å². The maximum atomic E-state index is 10.8. The van der Waals surface area contributed by atoms with E-state index in [1.54, 1.807) is 13.1 Å². The second-order valence-corrected chi connectivity index (χ2v) is 3.83. The minimum atomic E-state index is -0.0577. The number of amides is 1. The molecule has 0 saturated carbocycles. The number of hydrogen-bond donors (Lipinski definition) is 2. The van der Waals surface area contributed by atoms with Crippen molar-refractivity contribution < 1.29 is 8.98 Å². The van der Waals surface area contributed by atoms with Crippen LogP contribution in [0.2, 0.25) is 0 Å². The number of carbonyl (C=O) groups is 1. The van der Waals surface area contributed by atoms with Crippen LogP contribution in [0.4, 0.5) is 0 Å². The Bertz CT molecular complexity index is 186. The summed E-state index contributed by atoms with van der Waals surface area (Å²) in [5, 5.41) is 5.74. The monoisotopic (exact) mass is 232 g/mol. The molecule has 0 unspecified atom stereocenters. The van der Waals surface area contributed by atoms with Gasteiger partial charge in [0.15, 0.2) is 0 Å². The fourth-order valence-corrected chi connectivity index (χ4v) is 1.21. The lowest BCUT2D eigenvalue weighted by Gasteiger charge is -2.02. The Balaban J connectivity index is 3.11. The van der Waals surface area contributed by atoms with Crippen LogP contribution in [0.1, 0.15) is 13.3 Å². The van der Waals surface area contributed by atoms with E-state index < -0.39 is 0 Å². The van der Waals surface area contributed by atoms with Crippen LogP contribution < -0.4 is 10.6 Å². The highest BCUT2D eigenvalue weighted by Crippen LogP contribution is 1.98. The Labute approximate surface area is 96.0 Å². The molecule has 0 spiro atoms. The molecule has 0 aliphatic carbocycles. The maximum absolute atomic E-state index is 10.8. The average molecular weight is 232 g/mol. The second kappa shape index (κ2) is 11.6. The first-order chi connectivity index (χ1) is 7.31. The van der Waals surface area contributed by atoms with E-state index in [0.29, 0.717) is 0 Å². The van der Waals surface area contributed by atoms with Gasteiger partial charge < -0.3 is 14.8 Å². The van der Waals surface area contributed by atoms with Crippen molar-refractivity contribution in [2.75, 3.05) is 32.5 Å². The van der Waals surface area contributed by atoms with E-state index >= 15 is 0 Å². The van der Waals surface area contributed by atoms with Gasteiger partial charge in [-0.3, -0.25) is 4.79 Å². The van der Waals surface area contributed by atoms with Crippen molar-refractivity contribution in [3.63, 3.8) is 0 Å². The van der Waals surface area contributed by atoms with Crippen molar-refractivity contribution >= 4 is 17.9 Å². The topological polar surface area (TPSA) is 50.4 Å². The first kappa shape index (κ1) is 14.5. The van der Waals surface area contributed by atoms with Gasteiger partial charge in [-0.15, -0.1) is 0 Å². The smallest absolute Gasteiger partial charge is 0.243 e. The molecule has 0 radical (unpaired) electrons. The SMILES string of the molecule is CCSOCCNCC/C=C/C(=O)NC. The van der Waals surface area contributed by atoms with Crippen LogP contribution in [0.3, 0.4) is 0 Å². The molecule has 0 fully saturated rings. The molecule has 88 valence electrons. The number of likely N-dealkylation sites (N-methyl/N-ethyl adjacent to an activating group) is 1. The summed E-state index contributed by atoms with van der Waals surface area (Å²) >= 11 is 1.48. The normalized spacial score (nSPS) is 10.8. The van der Waals surface area contributed by atoms with Gasteiger partial charge in [-0.1, -0.05) is 13.0 Å². The summed E-state index contributed by atoms with van der Waals surface area (Å²) in [4.78, 5) is 10.8. The van der Waals surface area contributed by atoms with Gasteiger partial charge in [-0.05, 0) is 31.1 Å². The largest absolute Gasteiger partial charge is 0.356 e. The first-order valence-corrected chi connectivity index (χ1v) is 6.05. The Morgan fingerprint density at radius 2 is 2.27 bits per heavy atom. The van der Waals surface area contributed by atoms with Crippen molar-refractivity contribution in [2.45, 2.75) is 13.3 Å². The van der Waals surface area contributed by atoms with Crippen molar-refractivity contribution in [3.8, 4) is 0 Å². The molecule has 0 bridgehead atoms. The lowest BCUT2D eigenvalue weighted by Crippen LogP contribution is -2.19. The van der Waals surface area contributed by atoms with Gasteiger partial charge in [0.1, 0.15) is 0 Å². The Morgan fingerprint density at radius 3 is 2.93 bits per heavy atom. The molecule has 4 nitrogen and oxygen atoms in total. The van der Waals surface area contributed by atoms with Crippen LogP contribution >= 0.6 is 12.0 Å². The molecular formula is C10H20N2O2S. The van der Waals surface area contributed by atoms with Crippen molar-refractivity contribution in [3.05, 3.63) is 12.2 Å². The van der Waals surface area contributed by atoms with Gasteiger partial charge >= 0.3 is 0 Å². The molecule has 0 aliphatic rings. The molecule has 0 saturated heterocycles. The number of rotatable bonds is 9. The molecular weight excluding hydrogens is 212 g/mol. The molecule has 15 heavy (non-hydrogen) atoms. The maximum Gasteiger partial charge on any atom is 0.243 e.